The number of aliphatic carboxylic acids is 1. The van der Waals surface area contributed by atoms with E-state index >= 15 is 0 Å². The molecule has 36 heavy (non-hydrogen) atoms. The Kier molecular flexibility index (Phi) is 7.65. The number of nitrogens with zero attached hydrogens (tertiary/aromatic N) is 1. The normalized spacial score (nSPS) is 14.2. The quantitative estimate of drug-likeness (QED) is 0.366. The summed E-state index contributed by atoms with van der Waals surface area (Å²) in [6.45, 7) is 1.52. The molecule has 1 heterocycles. The number of anilines is 2. The van der Waals surface area contributed by atoms with E-state index in [1.807, 2.05) is 0 Å². The molecule has 186 valence electrons. The number of rotatable bonds is 8. The zero-order valence-electron chi connectivity index (χ0n) is 19.3. The molecule has 3 aromatic rings. The minimum atomic E-state index is -4.17. The lowest BCUT2D eigenvalue weighted by molar-refractivity contribution is -0.137. The second kappa shape index (κ2) is 11.0. The third-order valence-corrected chi connectivity index (χ3v) is 7.79. The average molecular weight is 507 g/mol. The summed E-state index contributed by atoms with van der Waals surface area (Å²) in [5, 5.41) is 17.1. The summed E-state index contributed by atoms with van der Waals surface area (Å²) in [6, 6.07) is 21.0. The van der Waals surface area contributed by atoms with Gasteiger partial charge >= 0.3 is 5.97 Å². The van der Waals surface area contributed by atoms with Crippen molar-refractivity contribution in [1.82, 2.24) is 5.32 Å². The fourth-order valence-corrected chi connectivity index (χ4v) is 5.77. The van der Waals surface area contributed by atoms with Crippen LogP contribution in [0.25, 0.3) is 0 Å². The molecule has 1 unspecified atom stereocenters. The summed E-state index contributed by atoms with van der Waals surface area (Å²) in [7, 11) is -4.17. The molecule has 0 saturated heterocycles. The largest absolute Gasteiger partial charge is 0.481 e. The maximum atomic E-state index is 13.6. The van der Waals surface area contributed by atoms with Crippen LogP contribution in [0, 0.1) is 0 Å². The molecular formula is C26H26N4O5S. The van der Waals surface area contributed by atoms with Crippen molar-refractivity contribution in [2.75, 3.05) is 23.7 Å². The Morgan fingerprint density at radius 1 is 1.00 bits per heavy atom. The molecule has 0 aromatic heterocycles. The number of benzene rings is 3. The number of carbonyl (C=O) groups excluding carboxylic acids is 1. The van der Waals surface area contributed by atoms with Crippen molar-refractivity contribution in [3.05, 3.63) is 90.0 Å². The SMILES string of the molecule is O=C(O)CC(c1ccccc1)S(=O)(=O)c1ccccc1NC(=O)c1cccc(NC2=NCCCN2)c1. The first-order chi connectivity index (χ1) is 17.3. The number of amides is 1. The monoisotopic (exact) mass is 506 g/mol. The molecule has 0 spiro atoms. The molecule has 0 saturated carbocycles. The first kappa shape index (κ1) is 24.9. The second-order valence-corrected chi connectivity index (χ2v) is 10.3. The van der Waals surface area contributed by atoms with E-state index in [0.29, 0.717) is 29.3 Å². The molecule has 0 bridgehead atoms. The number of carbonyl (C=O) groups is 2. The molecule has 0 fully saturated rings. The number of hydrogen-bond donors (Lipinski definition) is 4. The maximum Gasteiger partial charge on any atom is 0.305 e. The van der Waals surface area contributed by atoms with E-state index in [2.05, 4.69) is 20.9 Å². The Balaban J connectivity index is 1.61. The molecule has 9 nitrogen and oxygen atoms in total. The molecule has 1 aliphatic heterocycles. The third kappa shape index (κ3) is 5.89. The number of para-hydroxylation sites is 1. The number of hydrogen-bond acceptors (Lipinski definition) is 7. The van der Waals surface area contributed by atoms with Crippen molar-refractivity contribution in [1.29, 1.82) is 0 Å². The van der Waals surface area contributed by atoms with Crippen LogP contribution in [0.4, 0.5) is 11.4 Å². The topological polar surface area (TPSA) is 137 Å². The molecule has 0 radical (unpaired) electrons. The van der Waals surface area contributed by atoms with Crippen molar-refractivity contribution in [3.8, 4) is 0 Å². The van der Waals surface area contributed by atoms with Gasteiger partial charge in [0.2, 0.25) is 0 Å². The van der Waals surface area contributed by atoms with Crippen LogP contribution >= 0.6 is 0 Å². The highest BCUT2D eigenvalue weighted by molar-refractivity contribution is 7.91. The molecule has 10 heteroatoms. The number of guanidine groups is 1. The van der Waals surface area contributed by atoms with E-state index in [1.165, 1.54) is 18.2 Å². The zero-order valence-corrected chi connectivity index (χ0v) is 20.2. The summed E-state index contributed by atoms with van der Waals surface area (Å²) in [4.78, 5) is 28.8. The van der Waals surface area contributed by atoms with Gasteiger partial charge in [-0.15, -0.1) is 0 Å². The van der Waals surface area contributed by atoms with Crippen LogP contribution in [0.15, 0.2) is 88.8 Å². The first-order valence-corrected chi connectivity index (χ1v) is 13.0. The first-order valence-electron chi connectivity index (χ1n) is 11.4. The summed E-state index contributed by atoms with van der Waals surface area (Å²) in [5.74, 6) is -1.12. The van der Waals surface area contributed by atoms with Gasteiger partial charge in [0.15, 0.2) is 15.8 Å². The van der Waals surface area contributed by atoms with Crippen LogP contribution < -0.4 is 16.0 Å². The van der Waals surface area contributed by atoms with Crippen molar-refractivity contribution >= 4 is 39.0 Å². The van der Waals surface area contributed by atoms with Gasteiger partial charge < -0.3 is 21.1 Å². The number of nitrogens with one attached hydrogen (secondary N) is 3. The highest BCUT2D eigenvalue weighted by atomic mass is 32.2. The van der Waals surface area contributed by atoms with Gasteiger partial charge in [0.1, 0.15) is 5.25 Å². The Morgan fingerprint density at radius 2 is 1.75 bits per heavy atom. The van der Waals surface area contributed by atoms with E-state index < -0.39 is 33.4 Å². The molecule has 1 atom stereocenters. The van der Waals surface area contributed by atoms with Crippen molar-refractivity contribution in [3.63, 3.8) is 0 Å². The molecule has 0 aliphatic carbocycles. The molecular weight excluding hydrogens is 480 g/mol. The Morgan fingerprint density at radius 3 is 2.47 bits per heavy atom. The molecule has 1 amide bonds. The van der Waals surface area contributed by atoms with Gasteiger partial charge in [-0.2, -0.15) is 0 Å². The van der Waals surface area contributed by atoms with E-state index in [4.69, 9.17) is 0 Å². The number of aliphatic imine (C=N–C) groups is 1. The van der Waals surface area contributed by atoms with Gasteiger partial charge in [-0.25, -0.2) is 8.42 Å². The summed E-state index contributed by atoms with van der Waals surface area (Å²) < 4.78 is 27.3. The number of sulfone groups is 1. The van der Waals surface area contributed by atoms with Crippen molar-refractivity contribution in [2.24, 2.45) is 4.99 Å². The molecule has 1 aliphatic rings. The van der Waals surface area contributed by atoms with E-state index in [-0.39, 0.29) is 10.6 Å². The Bertz CT molecular complexity index is 1390. The van der Waals surface area contributed by atoms with Crippen molar-refractivity contribution in [2.45, 2.75) is 23.0 Å². The lowest BCUT2D eigenvalue weighted by Gasteiger charge is -2.19. The van der Waals surface area contributed by atoms with Gasteiger partial charge in [-0.05, 0) is 42.3 Å². The zero-order chi connectivity index (χ0) is 25.5. The minimum absolute atomic E-state index is 0.0745. The van der Waals surface area contributed by atoms with Crippen LogP contribution in [0.5, 0.6) is 0 Å². The molecule has 4 rings (SSSR count). The van der Waals surface area contributed by atoms with Crippen molar-refractivity contribution < 1.29 is 23.1 Å². The molecule has 3 aromatic carbocycles. The minimum Gasteiger partial charge on any atom is -0.481 e. The Labute approximate surface area is 209 Å². The van der Waals surface area contributed by atoms with E-state index in [9.17, 15) is 23.1 Å². The van der Waals surface area contributed by atoms with Gasteiger partial charge in [-0.3, -0.25) is 14.6 Å². The third-order valence-electron chi connectivity index (χ3n) is 5.63. The van der Waals surface area contributed by atoms with E-state index in [0.717, 1.165) is 13.0 Å². The fourth-order valence-electron chi connectivity index (χ4n) is 3.89. The number of carboxylic acid groups (broad SMARTS) is 1. The maximum absolute atomic E-state index is 13.6. The average Bonchev–Trinajstić information content (AvgIpc) is 2.88. The van der Waals surface area contributed by atoms with Crippen LogP contribution in [0.3, 0.4) is 0 Å². The summed E-state index contributed by atoms with van der Waals surface area (Å²) in [5.41, 5.74) is 1.40. The van der Waals surface area contributed by atoms with Crippen LogP contribution in [-0.4, -0.2) is 44.4 Å². The smallest absolute Gasteiger partial charge is 0.305 e. The number of carboxylic acids is 1. The predicted octanol–water partition coefficient (Wildman–Crippen LogP) is 3.69. The van der Waals surface area contributed by atoms with E-state index in [1.54, 1.807) is 60.7 Å². The lowest BCUT2D eigenvalue weighted by Crippen LogP contribution is -2.35. The van der Waals surface area contributed by atoms with Gasteiger partial charge in [0, 0.05) is 24.3 Å². The van der Waals surface area contributed by atoms with Crippen LogP contribution in [0.1, 0.15) is 34.0 Å². The highest BCUT2D eigenvalue weighted by Crippen LogP contribution is 2.35. The van der Waals surface area contributed by atoms with Crippen LogP contribution in [-0.2, 0) is 14.6 Å². The van der Waals surface area contributed by atoms with Crippen LogP contribution in [0.2, 0.25) is 0 Å². The van der Waals surface area contributed by atoms with Gasteiger partial charge in [0.25, 0.3) is 5.91 Å². The lowest BCUT2D eigenvalue weighted by atomic mass is 10.1. The van der Waals surface area contributed by atoms with Gasteiger partial charge in [0.05, 0.1) is 17.0 Å². The standard InChI is InChI=1S/C26H26N4O5S/c31-24(32)17-23(18-8-2-1-3-9-18)36(34,35)22-13-5-4-12-21(22)30-25(33)19-10-6-11-20(16-19)29-26-27-14-7-15-28-26/h1-6,8-13,16,23H,7,14-15,17H2,(H,30,33)(H,31,32)(H2,27,28,29). The molecule has 4 N–H and O–H groups in total. The second-order valence-electron chi connectivity index (χ2n) is 8.21. The summed E-state index contributed by atoms with van der Waals surface area (Å²) in [6.07, 6.45) is 0.341. The van der Waals surface area contributed by atoms with Gasteiger partial charge in [-0.1, -0.05) is 48.5 Å². The highest BCUT2D eigenvalue weighted by Gasteiger charge is 2.33. The summed E-state index contributed by atoms with van der Waals surface area (Å²) >= 11 is 0. The fraction of sp³-hybridized carbons (Fsp3) is 0.192. The predicted molar refractivity (Wildman–Crippen MR) is 138 cm³/mol. The Hall–Kier alpha value is -4.18.